The lowest BCUT2D eigenvalue weighted by Gasteiger charge is -2.42. The fourth-order valence-electron chi connectivity index (χ4n) is 4.88. The van der Waals surface area contributed by atoms with Gasteiger partial charge in [0, 0.05) is 0 Å². The Bertz CT molecular complexity index is 372. The van der Waals surface area contributed by atoms with Gasteiger partial charge in [-0.2, -0.15) is 0 Å². The van der Waals surface area contributed by atoms with Crippen molar-refractivity contribution in [1.29, 1.82) is 0 Å². The van der Waals surface area contributed by atoms with Gasteiger partial charge in [-0.25, -0.2) is 0 Å². The van der Waals surface area contributed by atoms with E-state index in [0.717, 1.165) is 31.6 Å². The van der Waals surface area contributed by atoms with Crippen molar-refractivity contribution >= 4 is 11.9 Å². The zero-order valence-electron chi connectivity index (χ0n) is 13.8. The number of hydrogen-bond donors (Lipinski definition) is 2. The molecular weight excluding hydrogens is 280 g/mol. The lowest BCUT2D eigenvalue weighted by Crippen LogP contribution is -2.44. The molecule has 2 rings (SSSR count). The van der Waals surface area contributed by atoms with Crippen LogP contribution in [0.5, 0.6) is 0 Å². The molecule has 0 bridgehead atoms. The van der Waals surface area contributed by atoms with E-state index in [9.17, 15) is 19.8 Å². The standard InChI is InChI=1S/C18H30O4/c1-11-5-3-7-13(8-4-6-11)16-14(17(19)20)9-12(2)10-15(16)18(21)22/h11-16H,3-10H2,1-2H3,(H,19,20)(H,21,22). The SMILES string of the molecule is CC1CCCC(C2C(C(=O)O)CC(C)CC2C(=O)O)CCC1. The zero-order chi connectivity index (χ0) is 16.3. The fraction of sp³-hybridized carbons (Fsp3) is 0.889. The van der Waals surface area contributed by atoms with Gasteiger partial charge in [-0.05, 0) is 36.5 Å². The van der Waals surface area contributed by atoms with Gasteiger partial charge in [-0.15, -0.1) is 0 Å². The molecule has 0 heterocycles. The second kappa shape index (κ2) is 7.47. The monoisotopic (exact) mass is 310 g/mol. The normalized spacial score (nSPS) is 40.5. The second-order valence-corrected chi connectivity index (χ2v) is 7.77. The summed E-state index contributed by atoms with van der Waals surface area (Å²) in [6.45, 7) is 4.27. The van der Waals surface area contributed by atoms with Gasteiger partial charge in [0.2, 0.25) is 0 Å². The van der Waals surface area contributed by atoms with Crippen LogP contribution in [0.2, 0.25) is 0 Å². The Hall–Kier alpha value is -1.06. The quantitative estimate of drug-likeness (QED) is 0.825. The van der Waals surface area contributed by atoms with Crippen LogP contribution in [0.15, 0.2) is 0 Å². The van der Waals surface area contributed by atoms with E-state index in [1.54, 1.807) is 0 Å². The van der Waals surface area contributed by atoms with Crippen LogP contribution in [0.25, 0.3) is 0 Å². The molecule has 0 aromatic rings. The van der Waals surface area contributed by atoms with E-state index in [2.05, 4.69) is 6.92 Å². The van der Waals surface area contributed by atoms with E-state index in [-0.39, 0.29) is 17.8 Å². The molecule has 126 valence electrons. The van der Waals surface area contributed by atoms with Crippen LogP contribution in [-0.4, -0.2) is 22.2 Å². The average molecular weight is 310 g/mol. The Morgan fingerprint density at radius 3 is 1.64 bits per heavy atom. The van der Waals surface area contributed by atoms with Gasteiger partial charge >= 0.3 is 11.9 Å². The zero-order valence-corrected chi connectivity index (χ0v) is 13.8. The predicted molar refractivity (Wildman–Crippen MR) is 84.5 cm³/mol. The third kappa shape index (κ3) is 4.02. The van der Waals surface area contributed by atoms with Gasteiger partial charge < -0.3 is 10.2 Å². The van der Waals surface area contributed by atoms with Crippen molar-refractivity contribution in [2.24, 2.45) is 35.5 Å². The highest BCUT2D eigenvalue weighted by Crippen LogP contribution is 2.46. The summed E-state index contributed by atoms with van der Waals surface area (Å²) in [7, 11) is 0. The van der Waals surface area contributed by atoms with E-state index >= 15 is 0 Å². The summed E-state index contributed by atoms with van der Waals surface area (Å²) >= 11 is 0. The van der Waals surface area contributed by atoms with Crippen LogP contribution in [-0.2, 0) is 9.59 Å². The van der Waals surface area contributed by atoms with Crippen molar-refractivity contribution in [3.8, 4) is 0 Å². The minimum atomic E-state index is -0.793. The molecule has 4 nitrogen and oxygen atoms in total. The fourth-order valence-corrected chi connectivity index (χ4v) is 4.88. The first-order valence-corrected chi connectivity index (χ1v) is 8.85. The molecular formula is C18H30O4. The minimum Gasteiger partial charge on any atom is -0.481 e. The summed E-state index contributed by atoms with van der Waals surface area (Å²) in [5.41, 5.74) is 0. The second-order valence-electron chi connectivity index (χ2n) is 7.77. The summed E-state index contributed by atoms with van der Waals surface area (Å²) in [5, 5.41) is 19.3. The molecule has 2 aliphatic rings. The Morgan fingerprint density at radius 1 is 0.773 bits per heavy atom. The maximum Gasteiger partial charge on any atom is 0.306 e. The Balaban J connectivity index is 2.20. The predicted octanol–water partition coefficient (Wildman–Crippen LogP) is 4.04. The van der Waals surface area contributed by atoms with Gasteiger partial charge in [0.15, 0.2) is 0 Å². The topological polar surface area (TPSA) is 74.6 Å². The summed E-state index contributed by atoms with van der Waals surface area (Å²) in [6, 6.07) is 0. The van der Waals surface area contributed by atoms with Crippen LogP contribution in [0.4, 0.5) is 0 Å². The van der Waals surface area contributed by atoms with E-state index < -0.39 is 23.8 Å². The van der Waals surface area contributed by atoms with E-state index in [4.69, 9.17) is 0 Å². The van der Waals surface area contributed by atoms with Crippen molar-refractivity contribution in [3.05, 3.63) is 0 Å². The van der Waals surface area contributed by atoms with Crippen molar-refractivity contribution in [2.75, 3.05) is 0 Å². The van der Waals surface area contributed by atoms with Crippen molar-refractivity contribution in [1.82, 2.24) is 0 Å². The number of carbonyl (C=O) groups is 2. The highest BCUT2D eigenvalue weighted by Gasteiger charge is 2.46. The summed E-state index contributed by atoms with van der Waals surface area (Å²) in [6.07, 6.45) is 7.86. The van der Waals surface area contributed by atoms with Crippen LogP contribution < -0.4 is 0 Å². The Kier molecular flexibility index (Phi) is 5.87. The average Bonchev–Trinajstić information content (AvgIpc) is 2.42. The molecule has 2 aliphatic carbocycles. The summed E-state index contributed by atoms with van der Waals surface area (Å²) < 4.78 is 0. The minimum absolute atomic E-state index is 0.181. The van der Waals surface area contributed by atoms with Crippen LogP contribution in [0.3, 0.4) is 0 Å². The molecule has 2 atom stereocenters. The van der Waals surface area contributed by atoms with Crippen molar-refractivity contribution in [2.45, 2.75) is 65.2 Å². The highest BCUT2D eigenvalue weighted by molar-refractivity contribution is 5.75. The first-order valence-electron chi connectivity index (χ1n) is 8.85. The van der Waals surface area contributed by atoms with E-state index in [0.29, 0.717) is 12.8 Å². The lowest BCUT2D eigenvalue weighted by molar-refractivity contribution is -0.156. The molecule has 0 aliphatic heterocycles. The molecule has 0 amide bonds. The molecule has 0 spiro atoms. The summed E-state index contributed by atoms with van der Waals surface area (Å²) in [4.78, 5) is 23.5. The van der Waals surface area contributed by atoms with Gasteiger partial charge in [0.1, 0.15) is 0 Å². The molecule has 22 heavy (non-hydrogen) atoms. The molecule has 2 unspecified atom stereocenters. The van der Waals surface area contributed by atoms with Gasteiger partial charge in [0.05, 0.1) is 11.8 Å². The van der Waals surface area contributed by atoms with Crippen molar-refractivity contribution in [3.63, 3.8) is 0 Å². The maximum atomic E-state index is 11.7. The third-order valence-corrected chi connectivity index (χ3v) is 5.96. The number of carboxylic acid groups (broad SMARTS) is 2. The molecule has 0 radical (unpaired) electrons. The number of aliphatic carboxylic acids is 2. The molecule has 2 fully saturated rings. The summed E-state index contributed by atoms with van der Waals surface area (Å²) in [5.74, 6) is -1.53. The van der Waals surface area contributed by atoms with Crippen LogP contribution >= 0.6 is 0 Å². The van der Waals surface area contributed by atoms with Crippen molar-refractivity contribution < 1.29 is 19.8 Å². The lowest BCUT2D eigenvalue weighted by atomic mass is 9.61. The number of carboxylic acids is 2. The molecule has 4 heteroatoms. The third-order valence-electron chi connectivity index (χ3n) is 5.96. The maximum absolute atomic E-state index is 11.7. The van der Waals surface area contributed by atoms with Crippen LogP contribution in [0.1, 0.15) is 65.2 Å². The highest BCUT2D eigenvalue weighted by atomic mass is 16.4. The van der Waals surface area contributed by atoms with E-state index in [1.165, 1.54) is 12.8 Å². The van der Waals surface area contributed by atoms with Gasteiger partial charge in [-0.3, -0.25) is 9.59 Å². The smallest absolute Gasteiger partial charge is 0.306 e. The Labute approximate surface area is 133 Å². The molecule has 2 N–H and O–H groups in total. The first-order chi connectivity index (χ1) is 10.4. The molecule has 0 aromatic carbocycles. The largest absolute Gasteiger partial charge is 0.481 e. The number of rotatable bonds is 3. The first kappa shape index (κ1) is 17.3. The molecule has 0 aromatic heterocycles. The Morgan fingerprint density at radius 2 is 1.23 bits per heavy atom. The van der Waals surface area contributed by atoms with Crippen LogP contribution in [0, 0.1) is 35.5 Å². The number of hydrogen-bond acceptors (Lipinski definition) is 2. The van der Waals surface area contributed by atoms with E-state index in [1.807, 2.05) is 6.92 Å². The molecule has 0 saturated heterocycles. The molecule has 2 saturated carbocycles. The van der Waals surface area contributed by atoms with Gasteiger partial charge in [-0.1, -0.05) is 52.4 Å². The van der Waals surface area contributed by atoms with Gasteiger partial charge in [0.25, 0.3) is 0 Å².